The van der Waals surface area contributed by atoms with Crippen molar-refractivity contribution in [2.24, 2.45) is 0 Å². The number of carbonyl (C=O) groups is 1. The average molecular weight is 536 g/mol. The van der Waals surface area contributed by atoms with Gasteiger partial charge in [0, 0.05) is 17.1 Å². The topological polar surface area (TPSA) is 77.2 Å². The van der Waals surface area contributed by atoms with Gasteiger partial charge in [0.25, 0.3) is 0 Å². The van der Waals surface area contributed by atoms with Crippen molar-refractivity contribution in [1.29, 1.82) is 0 Å². The summed E-state index contributed by atoms with van der Waals surface area (Å²) in [4.78, 5) is 19.4. The van der Waals surface area contributed by atoms with E-state index in [9.17, 15) is 13.6 Å². The fourth-order valence-electron chi connectivity index (χ4n) is 3.55. The smallest absolute Gasteiger partial charge is 0.185 e. The number of rotatable bonds is 7. The second-order valence-corrected chi connectivity index (χ2v) is 8.43. The number of benzene rings is 3. The van der Waals surface area contributed by atoms with Crippen molar-refractivity contribution in [3.63, 3.8) is 0 Å². The molecule has 0 aliphatic carbocycles. The molecule has 0 atom stereocenters. The van der Waals surface area contributed by atoms with Crippen LogP contribution < -0.4 is 10.1 Å². The highest BCUT2D eigenvalue weighted by molar-refractivity contribution is 9.10. The molecule has 9 heteroatoms. The zero-order chi connectivity index (χ0) is 24.4. The minimum absolute atomic E-state index is 0.103. The van der Waals surface area contributed by atoms with Crippen molar-refractivity contribution in [2.75, 3.05) is 5.32 Å². The van der Waals surface area contributed by atoms with E-state index < -0.39 is 5.82 Å². The minimum atomic E-state index is -0.531. The molecule has 6 nitrogen and oxygen atoms in total. The molecule has 35 heavy (non-hydrogen) atoms. The van der Waals surface area contributed by atoms with Gasteiger partial charge in [-0.3, -0.25) is 4.79 Å². The van der Waals surface area contributed by atoms with E-state index >= 15 is 0 Å². The van der Waals surface area contributed by atoms with Crippen molar-refractivity contribution < 1.29 is 22.7 Å². The van der Waals surface area contributed by atoms with Gasteiger partial charge in [0.15, 0.2) is 12.0 Å². The van der Waals surface area contributed by atoms with Crippen LogP contribution in [0.5, 0.6) is 5.75 Å². The number of aromatic nitrogens is 2. The molecule has 1 N–H and O–H groups in total. The molecular formula is C26H16BrF2N3O3. The number of nitrogens with one attached hydrogen (secondary N) is 1. The minimum Gasteiger partial charge on any atom is -0.488 e. The Morgan fingerprint density at radius 1 is 1.03 bits per heavy atom. The summed E-state index contributed by atoms with van der Waals surface area (Å²) in [6.45, 7) is 0.215. The SMILES string of the molecule is O=Cc1ccc(-c2cc3c(Nc4ccc(OCc5cccc(F)c5)c(Br)c4)ncnc3cc2F)o1. The first-order chi connectivity index (χ1) is 17.0. The predicted octanol–water partition coefficient (Wildman–Crippen LogP) is 7.07. The Balaban J connectivity index is 1.41. The molecule has 5 aromatic rings. The highest BCUT2D eigenvalue weighted by Crippen LogP contribution is 2.34. The predicted molar refractivity (Wildman–Crippen MR) is 131 cm³/mol. The van der Waals surface area contributed by atoms with Gasteiger partial charge in [0.05, 0.1) is 15.6 Å². The standard InChI is InChI=1S/C26H16BrF2N3O3/c27-21-9-17(4-6-25(21)34-13-15-2-1-3-16(28)8-15)32-26-20-10-19(24-7-5-18(12-33)35-24)22(29)11-23(20)30-14-31-26/h1-12,14H,13H2,(H,30,31,32). The molecule has 5 rings (SSSR count). The number of halogens is 3. The fraction of sp³-hybridized carbons (Fsp3) is 0.0385. The van der Waals surface area contributed by atoms with Gasteiger partial charge in [-0.05, 0) is 70.0 Å². The maximum Gasteiger partial charge on any atom is 0.185 e. The van der Waals surface area contributed by atoms with E-state index in [2.05, 4.69) is 31.2 Å². The monoisotopic (exact) mass is 535 g/mol. The fourth-order valence-corrected chi connectivity index (χ4v) is 4.04. The van der Waals surface area contributed by atoms with Gasteiger partial charge in [-0.15, -0.1) is 0 Å². The molecule has 2 aromatic heterocycles. The molecule has 0 saturated heterocycles. The van der Waals surface area contributed by atoms with Crippen molar-refractivity contribution in [2.45, 2.75) is 6.61 Å². The molecule has 0 unspecified atom stereocenters. The zero-order valence-corrected chi connectivity index (χ0v) is 19.6. The van der Waals surface area contributed by atoms with E-state index in [1.807, 2.05) is 6.07 Å². The second kappa shape index (κ2) is 9.63. The Kier molecular flexibility index (Phi) is 6.24. The molecule has 0 fully saturated rings. The van der Waals surface area contributed by atoms with Crippen molar-refractivity contribution in [3.05, 3.63) is 100 Å². The Bertz CT molecular complexity index is 1550. The summed E-state index contributed by atoms with van der Waals surface area (Å²) in [6.07, 6.45) is 1.90. The van der Waals surface area contributed by atoms with Crippen LogP contribution >= 0.6 is 15.9 Å². The van der Waals surface area contributed by atoms with Crippen molar-refractivity contribution in [1.82, 2.24) is 9.97 Å². The number of aldehydes is 1. The largest absolute Gasteiger partial charge is 0.488 e. The molecule has 2 heterocycles. The van der Waals surface area contributed by atoms with Crippen LogP contribution in [-0.2, 0) is 6.61 Å². The van der Waals surface area contributed by atoms with E-state index in [4.69, 9.17) is 9.15 Å². The van der Waals surface area contributed by atoms with Crippen LogP contribution in [0.1, 0.15) is 16.1 Å². The van der Waals surface area contributed by atoms with E-state index in [-0.39, 0.29) is 29.5 Å². The summed E-state index contributed by atoms with van der Waals surface area (Å²) in [5.41, 5.74) is 2.00. The molecule has 0 saturated carbocycles. The molecule has 0 spiro atoms. The first kappa shape index (κ1) is 22.7. The summed E-state index contributed by atoms with van der Waals surface area (Å²) >= 11 is 3.50. The Labute approximate surface area is 206 Å². The number of carbonyl (C=O) groups excluding carboxylic acids is 1. The molecule has 0 amide bonds. The second-order valence-electron chi connectivity index (χ2n) is 7.58. The normalized spacial score (nSPS) is 10.9. The van der Waals surface area contributed by atoms with Crippen LogP contribution in [0, 0.1) is 11.6 Å². The number of nitrogens with zero attached hydrogens (tertiary/aromatic N) is 2. The zero-order valence-electron chi connectivity index (χ0n) is 18.0. The van der Waals surface area contributed by atoms with Gasteiger partial charge in [-0.25, -0.2) is 18.7 Å². The maximum atomic E-state index is 14.7. The summed E-state index contributed by atoms with van der Waals surface area (Å²) in [7, 11) is 0. The van der Waals surface area contributed by atoms with E-state index in [0.717, 1.165) is 0 Å². The van der Waals surface area contributed by atoms with Gasteiger partial charge in [0.2, 0.25) is 0 Å². The molecule has 174 valence electrons. The van der Waals surface area contributed by atoms with E-state index in [1.165, 1.54) is 36.7 Å². The first-order valence-corrected chi connectivity index (χ1v) is 11.2. The number of fused-ring (bicyclic) bond motifs is 1. The molecule has 0 aliphatic rings. The lowest BCUT2D eigenvalue weighted by atomic mass is 10.1. The molecular weight excluding hydrogens is 520 g/mol. The van der Waals surface area contributed by atoms with Gasteiger partial charge >= 0.3 is 0 Å². The lowest BCUT2D eigenvalue weighted by molar-refractivity contribution is 0.110. The molecule has 0 bridgehead atoms. The van der Waals surface area contributed by atoms with Crippen LogP contribution in [0.25, 0.3) is 22.2 Å². The van der Waals surface area contributed by atoms with E-state index in [0.29, 0.717) is 44.5 Å². The summed E-state index contributed by atoms with van der Waals surface area (Å²) in [6, 6.07) is 17.5. The highest BCUT2D eigenvalue weighted by Gasteiger charge is 2.15. The Morgan fingerprint density at radius 2 is 1.91 bits per heavy atom. The van der Waals surface area contributed by atoms with E-state index in [1.54, 1.807) is 30.3 Å². The lowest BCUT2D eigenvalue weighted by Crippen LogP contribution is -1.99. The lowest BCUT2D eigenvalue weighted by Gasteiger charge is -2.12. The number of anilines is 2. The quantitative estimate of drug-likeness (QED) is 0.224. The third-order valence-corrected chi connectivity index (χ3v) is 5.83. The first-order valence-electron chi connectivity index (χ1n) is 10.4. The van der Waals surface area contributed by atoms with Gasteiger partial charge in [-0.1, -0.05) is 12.1 Å². The molecule has 0 radical (unpaired) electrons. The van der Waals surface area contributed by atoms with Crippen molar-refractivity contribution >= 4 is 44.6 Å². The van der Waals surface area contributed by atoms with Crippen LogP contribution in [0.3, 0.4) is 0 Å². The van der Waals surface area contributed by atoms with Crippen LogP contribution in [0.2, 0.25) is 0 Å². The van der Waals surface area contributed by atoms with Gasteiger partial charge in [-0.2, -0.15) is 0 Å². The summed E-state index contributed by atoms with van der Waals surface area (Å²) in [5, 5.41) is 3.78. The van der Waals surface area contributed by atoms with Crippen LogP contribution in [-0.4, -0.2) is 16.3 Å². The number of hydrogen-bond acceptors (Lipinski definition) is 6. The van der Waals surface area contributed by atoms with Crippen LogP contribution in [0.4, 0.5) is 20.3 Å². The average Bonchev–Trinajstić information content (AvgIpc) is 3.32. The third-order valence-electron chi connectivity index (χ3n) is 5.21. The Hall–Kier alpha value is -4.11. The molecule has 0 aliphatic heterocycles. The third kappa shape index (κ3) is 4.90. The highest BCUT2D eigenvalue weighted by atomic mass is 79.9. The van der Waals surface area contributed by atoms with Gasteiger partial charge < -0.3 is 14.5 Å². The van der Waals surface area contributed by atoms with Crippen LogP contribution in [0.15, 0.2) is 81.9 Å². The number of ether oxygens (including phenoxy) is 1. The van der Waals surface area contributed by atoms with Gasteiger partial charge in [0.1, 0.15) is 41.9 Å². The molecule has 3 aromatic carbocycles. The maximum absolute atomic E-state index is 14.7. The number of furan rings is 1. The van der Waals surface area contributed by atoms with Crippen molar-refractivity contribution in [3.8, 4) is 17.1 Å². The Morgan fingerprint density at radius 3 is 2.69 bits per heavy atom. The number of hydrogen-bond donors (Lipinski definition) is 1. The summed E-state index contributed by atoms with van der Waals surface area (Å²) in [5.74, 6) is 0.521. The summed E-state index contributed by atoms with van der Waals surface area (Å²) < 4.78 is 40.0.